The number of nitrogens with one attached hydrogen (secondary N) is 2. The Labute approximate surface area is 123 Å². The van der Waals surface area contributed by atoms with Crippen LogP contribution in [0.25, 0.3) is 0 Å². The molecule has 0 bridgehead atoms. The normalized spacial score (nSPS) is 17.6. The van der Waals surface area contributed by atoms with E-state index in [0.29, 0.717) is 11.0 Å². The summed E-state index contributed by atoms with van der Waals surface area (Å²) in [5.41, 5.74) is -0.542. The van der Waals surface area contributed by atoms with Crippen molar-refractivity contribution in [3.05, 3.63) is 5.01 Å². The van der Waals surface area contributed by atoms with E-state index in [2.05, 4.69) is 27.8 Å². The SMILES string of the molecule is CCCCc1nnc(NC(=O)NC(C)(CO)C2CC2)s1. The molecule has 0 aliphatic heterocycles. The van der Waals surface area contributed by atoms with E-state index in [4.69, 9.17) is 0 Å². The van der Waals surface area contributed by atoms with Gasteiger partial charge in [-0.05, 0) is 32.1 Å². The Morgan fingerprint density at radius 2 is 2.25 bits per heavy atom. The van der Waals surface area contributed by atoms with Crippen molar-refractivity contribution in [3.63, 3.8) is 0 Å². The van der Waals surface area contributed by atoms with E-state index in [-0.39, 0.29) is 12.6 Å². The third-order valence-electron chi connectivity index (χ3n) is 3.64. The zero-order valence-corrected chi connectivity index (χ0v) is 12.8. The van der Waals surface area contributed by atoms with E-state index in [1.807, 2.05) is 6.92 Å². The highest BCUT2D eigenvalue weighted by atomic mass is 32.1. The van der Waals surface area contributed by atoms with Crippen molar-refractivity contribution in [1.29, 1.82) is 0 Å². The molecule has 2 rings (SSSR count). The van der Waals surface area contributed by atoms with Crippen molar-refractivity contribution in [1.82, 2.24) is 15.5 Å². The molecule has 1 atom stereocenters. The first-order valence-corrected chi connectivity index (χ1v) is 7.91. The van der Waals surface area contributed by atoms with Crippen LogP contribution >= 0.6 is 11.3 Å². The standard InChI is InChI=1S/C13H22N4O2S/c1-3-4-5-10-16-17-12(20-10)14-11(19)15-13(2,8-18)9-6-7-9/h9,18H,3-8H2,1-2H3,(H2,14,15,17,19). The summed E-state index contributed by atoms with van der Waals surface area (Å²) in [4.78, 5) is 11.9. The molecule has 0 spiro atoms. The lowest BCUT2D eigenvalue weighted by Crippen LogP contribution is -2.52. The molecule has 0 radical (unpaired) electrons. The second kappa shape index (κ2) is 6.49. The smallest absolute Gasteiger partial charge is 0.321 e. The summed E-state index contributed by atoms with van der Waals surface area (Å²) in [5, 5.41) is 24.4. The third kappa shape index (κ3) is 3.89. The van der Waals surface area contributed by atoms with Gasteiger partial charge in [-0.2, -0.15) is 0 Å². The average Bonchev–Trinajstić information content (AvgIpc) is 3.19. The number of carbonyl (C=O) groups excluding carboxylic acids is 1. The molecule has 2 amide bonds. The van der Waals surface area contributed by atoms with Gasteiger partial charge < -0.3 is 10.4 Å². The van der Waals surface area contributed by atoms with Crippen molar-refractivity contribution in [2.24, 2.45) is 5.92 Å². The monoisotopic (exact) mass is 298 g/mol. The van der Waals surface area contributed by atoms with E-state index in [1.54, 1.807) is 0 Å². The first-order valence-electron chi connectivity index (χ1n) is 7.10. The van der Waals surface area contributed by atoms with Crippen LogP contribution in [-0.2, 0) is 6.42 Å². The third-order valence-corrected chi connectivity index (χ3v) is 4.54. The van der Waals surface area contributed by atoms with Crippen molar-refractivity contribution in [3.8, 4) is 0 Å². The molecule has 0 saturated heterocycles. The van der Waals surface area contributed by atoms with Crippen molar-refractivity contribution in [2.75, 3.05) is 11.9 Å². The van der Waals surface area contributed by atoms with Gasteiger partial charge in [-0.1, -0.05) is 24.7 Å². The minimum atomic E-state index is -0.542. The van der Waals surface area contributed by atoms with Crippen molar-refractivity contribution in [2.45, 2.75) is 51.5 Å². The molecule has 1 saturated carbocycles. The van der Waals surface area contributed by atoms with Gasteiger partial charge in [0.25, 0.3) is 0 Å². The molecule has 1 unspecified atom stereocenters. The fourth-order valence-corrected chi connectivity index (χ4v) is 2.89. The summed E-state index contributed by atoms with van der Waals surface area (Å²) < 4.78 is 0. The molecule has 1 aromatic heterocycles. The van der Waals surface area contributed by atoms with Gasteiger partial charge in [0.2, 0.25) is 5.13 Å². The van der Waals surface area contributed by atoms with Gasteiger partial charge >= 0.3 is 6.03 Å². The summed E-state index contributed by atoms with van der Waals surface area (Å²) in [7, 11) is 0. The minimum absolute atomic E-state index is 0.0526. The number of nitrogens with zero attached hydrogens (tertiary/aromatic N) is 2. The molecule has 112 valence electrons. The highest BCUT2D eigenvalue weighted by molar-refractivity contribution is 7.15. The fourth-order valence-electron chi connectivity index (χ4n) is 2.11. The molecular formula is C13H22N4O2S. The number of rotatable bonds is 7. The number of carbonyl (C=O) groups is 1. The number of aryl methyl sites for hydroxylation is 1. The molecule has 20 heavy (non-hydrogen) atoms. The second-order valence-corrected chi connectivity index (χ2v) is 6.60. The zero-order chi connectivity index (χ0) is 14.6. The lowest BCUT2D eigenvalue weighted by Gasteiger charge is -2.28. The van der Waals surface area contributed by atoms with E-state index in [9.17, 15) is 9.90 Å². The Balaban J connectivity index is 1.86. The summed E-state index contributed by atoms with van der Waals surface area (Å²) in [6.07, 6.45) is 5.19. The van der Waals surface area contributed by atoms with Crippen LogP contribution in [0.1, 0.15) is 44.5 Å². The number of amides is 2. The Morgan fingerprint density at radius 3 is 2.85 bits per heavy atom. The fraction of sp³-hybridized carbons (Fsp3) is 0.769. The van der Waals surface area contributed by atoms with Crippen LogP contribution in [0.4, 0.5) is 9.93 Å². The van der Waals surface area contributed by atoms with Crippen LogP contribution in [-0.4, -0.2) is 33.5 Å². The number of anilines is 1. The molecule has 1 aromatic rings. The summed E-state index contributed by atoms with van der Waals surface area (Å²) in [5.74, 6) is 0.368. The quantitative estimate of drug-likeness (QED) is 0.720. The van der Waals surface area contributed by atoms with Crippen LogP contribution in [0.3, 0.4) is 0 Å². The number of aromatic nitrogens is 2. The Hall–Kier alpha value is -1.21. The maximum absolute atomic E-state index is 11.9. The lowest BCUT2D eigenvalue weighted by atomic mass is 9.97. The van der Waals surface area contributed by atoms with Gasteiger partial charge in [0.05, 0.1) is 12.1 Å². The zero-order valence-electron chi connectivity index (χ0n) is 12.0. The Bertz CT molecular complexity index is 461. The predicted molar refractivity (Wildman–Crippen MR) is 78.9 cm³/mol. The maximum Gasteiger partial charge on any atom is 0.321 e. The second-order valence-electron chi connectivity index (χ2n) is 5.53. The van der Waals surface area contributed by atoms with Gasteiger partial charge in [0.15, 0.2) is 0 Å². The van der Waals surface area contributed by atoms with E-state index in [0.717, 1.165) is 37.1 Å². The van der Waals surface area contributed by atoms with Crippen LogP contribution in [0.2, 0.25) is 0 Å². The maximum atomic E-state index is 11.9. The number of urea groups is 1. The van der Waals surface area contributed by atoms with Crippen molar-refractivity contribution < 1.29 is 9.90 Å². The van der Waals surface area contributed by atoms with Crippen LogP contribution < -0.4 is 10.6 Å². The lowest BCUT2D eigenvalue weighted by molar-refractivity contribution is 0.159. The molecular weight excluding hydrogens is 276 g/mol. The Morgan fingerprint density at radius 1 is 1.50 bits per heavy atom. The van der Waals surface area contributed by atoms with E-state index < -0.39 is 5.54 Å². The largest absolute Gasteiger partial charge is 0.394 e. The number of aliphatic hydroxyl groups excluding tert-OH is 1. The highest BCUT2D eigenvalue weighted by Gasteiger charge is 2.42. The topological polar surface area (TPSA) is 87.1 Å². The first kappa shape index (κ1) is 15.2. The van der Waals surface area contributed by atoms with E-state index in [1.165, 1.54) is 11.3 Å². The van der Waals surface area contributed by atoms with Crippen LogP contribution in [0.5, 0.6) is 0 Å². The molecule has 1 heterocycles. The van der Waals surface area contributed by atoms with Crippen LogP contribution in [0, 0.1) is 5.92 Å². The predicted octanol–water partition coefficient (Wildman–Crippen LogP) is 2.16. The first-order chi connectivity index (χ1) is 9.57. The molecule has 1 aliphatic carbocycles. The van der Waals surface area contributed by atoms with Crippen molar-refractivity contribution >= 4 is 22.5 Å². The number of aliphatic hydroxyl groups is 1. The molecule has 1 fully saturated rings. The average molecular weight is 298 g/mol. The van der Waals surface area contributed by atoms with Crippen LogP contribution in [0.15, 0.2) is 0 Å². The molecule has 6 nitrogen and oxygen atoms in total. The highest BCUT2D eigenvalue weighted by Crippen LogP contribution is 2.39. The van der Waals surface area contributed by atoms with E-state index >= 15 is 0 Å². The number of hydrogen-bond acceptors (Lipinski definition) is 5. The number of hydrogen-bond donors (Lipinski definition) is 3. The van der Waals surface area contributed by atoms with Gasteiger partial charge in [0.1, 0.15) is 5.01 Å². The minimum Gasteiger partial charge on any atom is -0.394 e. The molecule has 0 aromatic carbocycles. The van der Waals surface area contributed by atoms with Gasteiger partial charge in [0, 0.05) is 6.42 Å². The molecule has 7 heteroatoms. The number of unbranched alkanes of at least 4 members (excludes halogenated alkanes) is 1. The molecule has 3 N–H and O–H groups in total. The molecule has 1 aliphatic rings. The van der Waals surface area contributed by atoms with Gasteiger partial charge in [-0.3, -0.25) is 5.32 Å². The summed E-state index contributed by atoms with van der Waals surface area (Å²) in [6, 6.07) is -0.327. The van der Waals surface area contributed by atoms with Gasteiger partial charge in [-0.15, -0.1) is 10.2 Å². The van der Waals surface area contributed by atoms with Gasteiger partial charge in [-0.25, -0.2) is 4.79 Å². The summed E-state index contributed by atoms with van der Waals surface area (Å²) in [6.45, 7) is 3.95. The Kier molecular flexibility index (Phi) is 4.93. The summed E-state index contributed by atoms with van der Waals surface area (Å²) >= 11 is 1.40.